The van der Waals surface area contributed by atoms with E-state index in [4.69, 9.17) is 4.74 Å². The number of ether oxygens (including phenoxy) is 1. The standard InChI is InChI=1S/C22H28BrN3O5/c1-11(2)25-20(29)18-22-9-13(23)17(31-22)15(19(28)24-3)16(22)21(30)26(18)14(10-27)12-7-5-4-6-8-12/h4-8,11,13-18,27H,9-10H2,1-3H3,(H,24,28)(H,25,29)/t13?,14-,15+,16+,17+,18?,22?/m1/s1. The van der Waals surface area contributed by atoms with E-state index in [9.17, 15) is 19.5 Å². The molecular weight excluding hydrogens is 466 g/mol. The van der Waals surface area contributed by atoms with Gasteiger partial charge in [-0.25, -0.2) is 0 Å². The summed E-state index contributed by atoms with van der Waals surface area (Å²) < 4.78 is 6.37. The highest BCUT2D eigenvalue weighted by atomic mass is 79.9. The Balaban J connectivity index is 1.84. The summed E-state index contributed by atoms with van der Waals surface area (Å²) in [6, 6.07) is 7.32. The topological polar surface area (TPSA) is 108 Å². The van der Waals surface area contributed by atoms with Crippen molar-refractivity contribution in [1.82, 2.24) is 15.5 Å². The van der Waals surface area contributed by atoms with Crippen molar-refractivity contribution in [3.8, 4) is 0 Å². The highest BCUT2D eigenvalue weighted by Gasteiger charge is 2.77. The van der Waals surface area contributed by atoms with E-state index >= 15 is 0 Å². The molecule has 9 heteroatoms. The molecule has 1 aromatic carbocycles. The number of likely N-dealkylation sites (tertiary alicyclic amines) is 1. The zero-order chi connectivity index (χ0) is 22.5. The van der Waals surface area contributed by atoms with Crippen LogP contribution in [-0.2, 0) is 19.1 Å². The van der Waals surface area contributed by atoms with Crippen LogP contribution in [0.4, 0.5) is 0 Å². The lowest BCUT2D eigenvalue weighted by molar-refractivity contribution is -0.146. The molecule has 1 aromatic rings. The van der Waals surface area contributed by atoms with Crippen LogP contribution in [0.2, 0.25) is 0 Å². The van der Waals surface area contributed by atoms with Gasteiger partial charge < -0.3 is 25.4 Å². The Kier molecular flexibility index (Phi) is 5.87. The minimum absolute atomic E-state index is 0.141. The third-order valence-corrected chi connectivity index (χ3v) is 7.49. The predicted molar refractivity (Wildman–Crippen MR) is 116 cm³/mol. The van der Waals surface area contributed by atoms with Crippen LogP contribution in [0.15, 0.2) is 30.3 Å². The summed E-state index contributed by atoms with van der Waals surface area (Å²) in [5.41, 5.74) is -0.410. The fraction of sp³-hybridized carbons (Fsp3) is 0.591. The molecule has 7 atom stereocenters. The van der Waals surface area contributed by atoms with Crippen LogP contribution in [-0.4, -0.2) is 70.0 Å². The number of rotatable bonds is 6. The first-order valence-electron chi connectivity index (χ1n) is 10.6. The van der Waals surface area contributed by atoms with Gasteiger partial charge in [-0.15, -0.1) is 0 Å². The molecule has 3 aliphatic heterocycles. The van der Waals surface area contributed by atoms with Gasteiger partial charge in [0, 0.05) is 17.9 Å². The van der Waals surface area contributed by atoms with Crippen LogP contribution < -0.4 is 10.6 Å². The molecule has 3 aliphatic rings. The first-order chi connectivity index (χ1) is 14.8. The number of hydrogen-bond acceptors (Lipinski definition) is 5. The Bertz CT molecular complexity index is 881. The third kappa shape index (κ3) is 3.29. The van der Waals surface area contributed by atoms with E-state index in [1.165, 1.54) is 11.9 Å². The van der Waals surface area contributed by atoms with Crippen LogP contribution in [0.1, 0.15) is 31.9 Å². The van der Waals surface area contributed by atoms with E-state index in [0.717, 1.165) is 5.56 Å². The maximum atomic E-state index is 13.8. The molecule has 3 fully saturated rings. The van der Waals surface area contributed by atoms with Crippen molar-refractivity contribution in [2.24, 2.45) is 11.8 Å². The number of benzene rings is 1. The minimum Gasteiger partial charge on any atom is -0.394 e. The van der Waals surface area contributed by atoms with E-state index in [1.807, 2.05) is 44.2 Å². The van der Waals surface area contributed by atoms with Gasteiger partial charge in [0.15, 0.2) is 0 Å². The van der Waals surface area contributed by atoms with Crippen molar-refractivity contribution in [1.29, 1.82) is 0 Å². The quantitative estimate of drug-likeness (QED) is 0.506. The number of aliphatic hydroxyl groups is 1. The molecule has 168 valence electrons. The van der Waals surface area contributed by atoms with E-state index in [0.29, 0.717) is 6.42 Å². The highest BCUT2D eigenvalue weighted by Crippen LogP contribution is 2.61. The van der Waals surface area contributed by atoms with Crippen molar-refractivity contribution in [2.75, 3.05) is 13.7 Å². The number of carbonyl (C=O) groups excluding carboxylic acids is 3. The molecule has 3 unspecified atom stereocenters. The predicted octanol–water partition coefficient (Wildman–Crippen LogP) is 0.739. The summed E-state index contributed by atoms with van der Waals surface area (Å²) in [4.78, 5) is 41.4. The van der Waals surface area contributed by atoms with E-state index < -0.39 is 35.6 Å². The van der Waals surface area contributed by atoms with Crippen molar-refractivity contribution >= 4 is 33.7 Å². The van der Waals surface area contributed by atoms with Gasteiger partial charge in [-0.1, -0.05) is 46.3 Å². The Morgan fingerprint density at radius 3 is 2.55 bits per heavy atom. The number of alkyl halides is 1. The average molecular weight is 494 g/mol. The molecule has 0 aliphatic carbocycles. The van der Waals surface area contributed by atoms with Gasteiger partial charge >= 0.3 is 0 Å². The Labute approximate surface area is 189 Å². The molecule has 3 N–H and O–H groups in total. The lowest BCUT2D eigenvalue weighted by Crippen LogP contribution is -2.57. The summed E-state index contributed by atoms with van der Waals surface area (Å²) in [7, 11) is 1.53. The van der Waals surface area contributed by atoms with Crippen LogP contribution in [0.25, 0.3) is 0 Å². The van der Waals surface area contributed by atoms with Gasteiger partial charge in [0.05, 0.1) is 30.6 Å². The summed E-state index contributed by atoms with van der Waals surface area (Å²) in [5, 5.41) is 15.9. The molecule has 4 rings (SSSR count). The molecule has 1 spiro atoms. The Hall–Kier alpha value is -1.97. The summed E-state index contributed by atoms with van der Waals surface area (Å²) in [5.74, 6) is -2.43. The second kappa shape index (κ2) is 8.18. The van der Waals surface area contributed by atoms with Crippen molar-refractivity contribution in [2.45, 2.75) is 54.9 Å². The van der Waals surface area contributed by atoms with E-state index in [1.54, 1.807) is 0 Å². The average Bonchev–Trinajstić information content (AvgIpc) is 3.32. The van der Waals surface area contributed by atoms with Gasteiger partial charge in [0.2, 0.25) is 17.7 Å². The monoisotopic (exact) mass is 493 g/mol. The molecule has 0 aromatic heterocycles. The van der Waals surface area contributed by atoms with Gasteiger partial charge in [-0.3, -0.25) is 14.4 Å². The molecular formula is C22H28BrN3O5. The van der Waals surface area contributed by atoms with Crippen molar-refractivity contribution in [3.05, 3.63) is 35.9 Å². The maximum Gasteiger partial charge on any atom is 0.246 e. The first kappa shape index (κ1) is 22.2. The number of nitrogens with one attached hydrogen (secondary N) is 2. The molecule has 3 amide bonds. The summed E-state index contributed by atoms with van der Waals surface area (Å²) in [6.07, 6.45) is -0.0593. The Morgan fingerprint density at radius 1 is 1.29 bits per heavy atom. The van der Waals surface area contributed by atoms with Gasteiger partial charge in [0.1, 0.15) is 11.6 Å². The highest BCUT2D eigenvalue weighted by molar-refractivity contribution is 9.09. The fourth-order valence-electron chi connectivity index (χ4n) is 5.56. The van der Waals surface area contributed by atoms with Crippen molar-refractivity contribution < 1.29 is 24.2 Å². The minimum atomic E-state index is -1.13. The normalized spacial score (nSPS) is 34.7. The van der Waals surface area contributed by atoms with Crippen LogP contribution in [0, 0.1) is 11.8 Å². The number of halogens is 1. The molecule has 31 heavy (non-hydrogen) atoms. The second-order valence-corrected chi connectivity index (χ2v) is 9.97. The number of carbonyl (C=O) groups is 3. The van der Waals surface area contributed by atoms with E-state index in [2.05, 4.69) is 26.6 Å². The second-order valence-electron chi connectivity index (χ2n) is 8.80. The third-order valence-electron chi connectivity index (χ3n) is 6.65. The van der Waals surface area contributed by atoms with Gasteiger partial charge in [-0.2, -0.15) is 0 Å². The van der Waals surface area contributed by atoms with Crippen LogP contribution in [0.3, 0.4) is 0 Å². The number of fused-ring (bicyclic) bond motifs is 1. The number of nitrogens with zero attached hydrogens (tertiary/aromatic N) is 1. The lowest BCUT2D eigenvalue weighted by atomic mass is 9.70. The maximum absolute atomic E-state index is 13.8. The van der Waals surface area contributed by atoms with Crippen LogP contribution in [0.5, 0.6) is 0 Å². The number of hydrogen-bond donors (Lipinski definition) is 3. The molecule has 3 heterocycles. The van der Waals surface area contributed by atoms with Crippen molar-refractivity contribution in [3.63, 3.8) is 0 Å². The molecule has 0 radical (unpaired) electrons. The summed E-state index contributed by atoms with van der Waals surface area (Å²) in [6.45, 7) is 3.35. The van der Waals surface area contributed by atoms with E-state index in [-0.39, 0.29) is 35.2 Å². The summed E-state index contributed by atoms with van der Waals surface area (Å²) >= 11 is 3.62. The molecule has 0 saturated carbocycles. The SMILES string of the molecule is CNC(=O)[C@H]1[C@H]2C(=O)N([C@H](CO)c3ccccc3)C(C(=O)NC(C)C)C23CC(Br)[C@@H]1O3. The van der Waals surface area contributed by atoms with Crippen LogP contribution >= 0.6 is 15.9 Å². The molecule has 3 saturated heterocycles. The zero-order valence-corrected chi connectivity index (χ0v) is 19.3. The first-order valence-corrected chi connectivity index (χ1v) is 11.5. The zero-order valence-electron chi connectivity index (χ0n) is 17.7. The van der Waals surface area contributed by atoms with Gasteiger partial charge in [-0.05, 0) is 25.8 Å². The number of aliphatic hydroxyl groups excluding tert-OH is 1. The molecule has 8 nitrogen and oxygen atoms in total. The molecule has 2 bridgehead atoms. The van der Waals surface area contributed by atoms with Gasteiger partial charge in [0.25, 0.3) is 0 Å². The lowest BCUT2D eigenvalue weighted by Gasteiger charge is -2.37. The number of amides is 3. The largest absolute Gasteiger partial charge is 0.394 e. The Morgan fingerprint density at radius 2 is 1.97 bits per heavy atom. The fourth-order valence-corrected chi connectivity index (χ4v) is 6.50. The smallest absolute Gasteiger partial charge is 0.246 e.